The van der Waals surface area contributed by atoms with Gasteiger partial charge in [0.25, 0.3) is 5.91 Å². The van der Waals surface area contributed by atoms with E-state index in [1.165, 1.54) is 5.56 Å². The van der Waals surface area contributed by atoms with Crippen molar-refractivity contribution in [2.45, 2.75) is 12.6 Å². The van der Waals surface area contributed by atoms with Gasteiger partial charge in [0.15, 0.2) is 0 Å². The van der Waals surface area contributed by atoms with Crippen LogP contribution in [0.1, 0.15) is 27.8 Å². The van der Waals surface area contributed by atoms with Gasteiger partial charge in [-0.3, -0.25) is 9.59 Å². The van der Waals surface area contributed by atoms with Crippen molar-refractivity contribution in [1.29, 1.82) is 0 Å². The van der Waals surface area contributed by atoms with Crippen molar-refractivity contribution in [3.05, 3.63) is 59.3 Å². The number of aromatic nitrogens is 1. The van der Waals surface area contributed by atoms with Crippen LogP contribution in [-0.2, 0) is 11.2 Å². The van der Waals surface area contributed by atoms with Crippen LogP contribution in [0, 0.1) is 0 Å². The lowest BCUT2D eigenvalue weighted by Crippen LogP contribution is -2.51. The number of nitrogens with one attached hydrogen (secondary N) is 3. The minimum atomic E-state index is -0.157. The average molecular weight is 389 g/mol. The molecule has 3 N–H and O–H groups in total. The third-order valence-corrected chi connectivity index (χ3v) is 5.86. The molecule has 2 aromatic carbocycles. The highest BCUT2D eigenvalue weighted by atomic mass is 16.2. The van der Waals surface area contributed by atoms with Crippen LogP contribution in [0.3, 0.4) is 0 Å². The van der Waals surface area contributed by atoms with Gasteiger partial charge < -0.3 is 25.4 Å². The van der Waals surface area contributed by atoms with Crippen LogP contribution < -0.4 is 15.5 Å². The molecule has 1 aromatic heterocycles. The molecule has 29 heavy (non-hydrogen) atoms. The maximum Gasteiger partial charge on any atom is 0.257 e. The number of anilines is 2. The van der Waals surface area contributed by atoms with Crippen LogP contribution in [-0.4, -0.2) is 48.9 Å². The van der Waals surface area contributed by atoms with Crippen LogP contribution in [0.15, 0.2) is 42.5 Å². The largest absolute Gasteiger partial charge is 0.355 e. The lowest BCUT2D eigenvalue weighted by atomic mass is 9.96. The molecule has 0 bridgehead atoms. The average Bonchev–Trinajstić information content (AvgIpc) is 3.09. The second-order valence-corrected chi connectivity index (χ2v) is 7.61. The lowest BCUT2D eigenvalue weighted by Gasteiger charge is -2.46. The van der Waals surface area contributed by atoms with E-state index in [1.807, 2.05) is 54.4 Å². The van der Waals surface area contributed by atoms with E-state index >= 15 is 0 Å². The Morgan fingerprint density at radius 1 is 1.24 bits per heavy atom. The third-order valence-electron chi connectivity index (χ3n) is 5.86. The van der Waals surface area contributed by atoms with Crippen molar-refractivity contribution in [1.82, 2.24) is 15.2 Å². The molecular weight excluding hydrogens is 366 g/mol. The Kier molecular flexibility index (Phi) is 4.06. The number of carbonyl (C=O) groups is 2. The Morgan fingerprint density at radius 2 is 2.07 bits per heavy atom. The van der Waals surface area contributed by atoms with Gasteiger partial charge in [-0.2, -0.15) is 0 Å². The molecule has 2 aliphatic rings. The van der Waals surface area contributed by atoms with E-state index < -0.39 is 0 Å². The van der Waals surface area contributed by atoms with Gasteiger partial charge in [0.2, 0.25) is 5.91 Å². The van der Waals surface area contributed by atoms with Crippen LogP contribution in [0.25, 0.3) is 10.9 Å². The zero-order valence-electron chi connectivity index (χ0n) is 16.5. The molecule has 1 unspecified atom stereocenters. The molecule has 3 aromatic rings. The van der Waals surface area contributed by atoms with Crippen LogP contribution in [0.2, 0.25) is 0 Å². The Bertz CT molecular complexity index is 1140. The van der Waals surface area contributed by atoms with E-state index in [2.05, 4.69) is 20.5 Å². The maximum absolute atomic E-state index is 13.1. The molecule has 0 radical (unpaired) electrons. The quantitative estimate of drug-likeness (QED) is 0.643. The SMILES string of the molecule is CNCC(=O)Nc1ccc2[nH]c3c(c2c1)CCN1C(=O)c2ccccc2N(C)C31. The lowest BCUT2D eigenvalue weighted by molar-refractivity contribution is -0.115. The second-order valence-electron chi connectivity index (χ2n) is 7.61. The van der Waals surface area contributed by atoms with E-state index in [0.717, 1.165) is 40.0 Å². The molecule has 2 amide bonds. The first-order valence-electron chi connectivity index (χ1n) is 9.80. The molecule has 0 fully saturated rings. The normalized spacial score (nSPS) is 17.7. The minimum absolute atomic E-state index is 0.0725. The Balaban J connectivity index is 1.58. The molecule has 1 atom stereocenters. The van der Waals surface area contributed by atoms with E-state index in [4.69, 9.17) is 0 Å². The summed E-state index contributed by atoms with van der Waals surface area (Å²) in [7, 11) is 3.78. The number of nitrogens with zero attached hydrogens (tertiary/aromatic N) is 2. The summed E-state index contributed by atoms with van der Waals surface area (Å²) in [6, 6.07) is 13.7. The van der Waals surface area contributed by atoms with Gasteiger partial charge in [-0.1, -0.05) is 12.1 Å². The standard InChI is InChI=1S/C22H23N5O2/c1-23-12-19(28)24-13-7-8-17-16(11-13)14-9-10-27-21(20(14)25-17)26(2)18-6-4-3-5-15(18)22(27)29/h3-8,11,21,23,25H,9-10,12H2,1-2H3,(H,24,28). The molecule has 0 spiro atoms. The summed E-state index contributed by atoms with van der Waals surface area (Å²) in [5.41, 5.74) is 5.76. The van der Waals surface area contributed by atoms with E-state index in [0.29, 0.717) is 6.54 Å². The van der Waals surface area contributed by atoms with Gasteiger partial charge in [-0.25, -0.2) is 0 Å². The van der Waals surface area contributed by atoms with Crippen LogP contribution >= 0.6 is 0 Å². The van der Waals surface area contributed by atoms with E-state index in [-0.39, 0.29) is 24.5 Å². The van der Waals surface area contributed by atoms with Gasteiger partial charge in [0.1, 0.15) is 6.17 Å². The van der Waals surface area contributed by atoms with Gasteiger partial charge in [-0.05, 0) is 49.4 Å². The number of rotatable bonds is 3. The van der Waals surface area contributed by atoms with Crippen molar-refractivity contribution in [2.75, 3.05) is 37.4 Å². The van der Waals surface area contributed by atoms with Gasteiger partial charge in [0.05, 0.1) is 23.5 Å². The first-order valence-corrected chi connectivity index (χ1v) is 9.80. The summed E-state index contributed by atoms with van der Waals surface area (Å²) in [6.45, 7) is 0.936. The predicted octanol–water partition coefficient (Wildman–Crippen LogP) is 2.47. The molecule has 5 rings (SSSR count). The first-order chi connectivity index (χ1) is 14.1. The highest BCUT2D eigenvalue weighted by Crippen LogP contribution is 2.43. The summed E-state index contributed by atoms with van der Waals surface area (Å²) >= 11 is 0. The number of fused-ring (bicyclic) bond motifs is 6. The molecule has 148 valence electrons. The molecule has 7 nitrogen and oxygen atoms in total. The van der Waals surface area contributed by atoms with Crippen molar-refractivity contribution < 1.29 is 9.59 Å². The molecular formula is C22H23N5O2. The number of para-hydroxylation sites is 1. The highest BCUT2D eigenvalue weighted by molar-refractivity contribution is 6.03. The second kappa shape index (κ2) is 6.63. The van der Waals surface area contributed by atoms with Crippen molar-refractivity contribution in [3.63, 3.8) is 0 Å². The predicted molar refractivity (Wildman–Crippen MR) is 113 cm³/mol. The number of likely N-dealkylation sites (N-methyl/N-ethyl adjacent to an activating group) is 1. The molecule has 0 aliphatic carbocycles. The number of H-pyrrole nitrogens is 1. The Labute approximate surface area is 168 Å². The fourth-order valence-electron chi connectivity index (χ4n) is 4.58. The summed E-state index contributed by atoms with van der Waals surface area (Å²) in [4.78, 5) is 32.7. The topological polar surface area (TPSA) is 80.5 Å². The summed E-state index contributed by atoms with van der Waals surface area (Å²) < 4.78 is 0. The molecule has 0 saturated heterocycles. The minimum Gasteiger partial charge on any atom is -0.355 e. The number of carbonyl (C=O) groups excluding carboxylic acids is 2. The van der Waals surface area contributed by atoms with Gasteiger partial charge in [-0.15, -0.1) is 0 Å². The van der Waals surface area contributed by atoms with Gasteiger partial charge in [0, 0.05) is 30.2 Å². The van der Waals surface area contributed by atoms with Crippen molar-refractivity contribution in [3.8, 4) is 0 Å². The zero-order chi connectivity index (χ0) is 20.1. The highest BCUT2D eigenvalue weighted by Gasteiger charge is 2.41. The summed E-state index contributed by atoms with van der Waals surface area (Å²) in [5, 5.41) is 6.88. The number of benzene rings is 2. The molecule has 3 heterocycles. The van der Waals surface area contributed by atoms with Crippen LogP contribution in [0.5, 0.6) is 0 Å². The van der Waals surface area contributed by atoms with Crippen molar-refractivity contribution >= 4 is 34.1 Å². The maximum atomic E-state index is 13.1. The number of amides is 2. The van der Waals surface area contributed by atoms with Crippen molar-refractivity contribution in [2.24, 2.45) is 0 Å². The summed E-state index contributed by atoms with van der Waals surface area (Å²) in [6.07, 6.45) is 0.623. The number of aromatic amines is 1. The monoisotopic (exact) mass is 389 g/mol. The first kappa shape index (κ1) is 17.8. The summed E-state index contributed by atoms with van der Waals surface area (Å²) in [5.74, 6) is 0.00432. The molecule has 2 aliphatic heterocycles. The number of hydrogen-bond donors (Lipinski definition) is 3. The van der Waals surface area contributed by atoms with Gasteiger partial charge >= 0.3 is 0 Å². The number of hydrogen-bond acceptors (Lipinski definition) is 4. The molecule has 0 saturated carbocycles. The smallest absolute Gasteiger partial charge is 0.257 e. The van der Waals surface area contributed by atoms with E-state index in [1.54, 1.807) is 7.05 Å². The molecule has 7 heteroatoms. The Morgan fingerprint density at radius 3 is 2.90 bits per heavy atom. The third kappa shape index (κ3) is 2.69. The fourth-order valence-corrected chi connectivity index (χ4v) is 4.58. The zero-order valence-corrected chi connectivity index (χ0v) is 16.5. The van der Waals surface area contributed by atoms with Crippen LogP contribution in [0.4, 0.5) is 11.4 Å². The fraction of sp³-hybridized carbons (Fsp3) is 0.273. The Hall–Kier alpha value is -3.32. The van der Waals surface area contributed by atoms with E-state index in [9.17, 15) is 9.59 Å².